The van der Waals surface area contributed by atoms with Crippen LogP contribution in [0.2, 0.25) is 0 Å². The summed E-state index contributed by atoms with van der Waals surface area (Å²) < 4.78 is 1.89. The Morgan fingerprint density at radius 1 is 1.16 bits per heavy atom. The predicted octanol–water partition coefficient (Wildman–Crippen LogP) is 1.98. The third-order valence-corrected chi connectivity index (χ3v) is 4.02. The summed E-state index contributed by atoms with van der Waals surface area (Å²) in [5.41, 5.74) is 2.02. The van der Waals surface area contributed by atoms with Crippen molar-refractivity contribution in [1.82, 2.24) is 19.9 Å². The van der Waals surface area contributed by atoms with Crippen molar-refractivity contribution in [2.45, 2.75) is 44.7 Å². The second-order valence-electron chi connectivity index (χ2n) is 5.35. The molecule has 5 nitrogen and oxygen atoms in total. The smallest absolute Gasteiger partial charge is 0.243 e. The number of nitrogens with zero attached hydrogens (tertiary/aromatic N) is 3. The molecule has 2 heterocycles. The lowest BCUT2D eigenvalue weighted by Gasteiger charge is -2.28. The zero-order chi connectivity index (χ0) is 13.2. The summed E-state index contributed by atoms with van der Waals surface area (Å²) in [6.07, 6.45) is 4.81. The fraction of sp³-hybridized carbons (Fsp3) is 0.571. The van der Waals surface area contributed by atoms with Crippen molar-refractivity contribution in [3.63, 3.8) is 0 Å². The van der Waals surface area contributed by atoms with Gasteiger partial charge in [-0.25, -0.2) is 4.52 Å². The van der Waals surface area contributed by atoms with E-state index in [0.29, 0.717) is 12.1 Å². The molecule has 0 aliphatic heterocycles. The Bertz CT molecular complexity index is 554. The van der Waals surface area contributed by atoms with Crippen LogP contribution in [0.5, 0.6) is 0 Å². The van der Waals surface area contributed by atoms with Gasteiger partial charge in [0, 0.05) is 17.8 Å². The Balaban J connectivity index is 1.70. The molecule has 0 radical (unpaired) electrons. The van der Waals surface area contributed by atoms with Gasteiger partial charge in [-0.2, -0.15) is 4.98 Å². The van der Waals surface area contributed by atoms with Crippen LogP contribution in [0.4, 0.5) is 5.95 Å². The monoisotopic (exact) mass is 259 g/mol. The van der Waals surface area contributed by atoms with Crippen LogP contribution in [-0.4, -0.2) is 33.7 Å². The molecule has 2 aromatic heterocycles. The molecule has 0 spiro atoms. The second kappa shape index (κ2) is 5.17. The molecule has 5 heteroatoms. The highest BCUT2D eigenvalue weighted by Gasteiger charge is 2.20. The molecule has 2 aromatic rings. The van der Waals surface area contributed by atoms with E-state index in [1.165, 1.54) is 25.7 Å². The first-order valence-corrected chi connectivity index (χ1v) is 7.02. The first kappa shape index (κ1) is 12.4. The Morgan fingerprint density at radius 3 is 2.58 bits per heavy atom. The molecule has 0 amide bonds. The largest absolute Gasteiger partial charge is 0.350 e. The minimum atomic E-state index is 0.502. The van der Waals surface area contributed by atoms with E-state index in [1.54, 1.807) is 0 Å². The molecule has 1 aliphatic carbocycles. The average Bonchev–Trinajstić information content (AvgIpc) is 2.84. The molecular weight excluding hydrogens is 238 g/mol. The number of hydrogen-bond donors (Lipinski definition) is 2. The standard InChI is InChI=1S/C14H21N5/c1-10-4-3-5-13-17-14(18-19(10)13)16-12-8-6-11(15-2)7-9-12/h3-5,11-12,15H,6-9H2,1-2H3,(H,16,18). The van der Waals surface area contributed by atoms with E-state index < -0.39 is 0 Å². The van der Waals surface area contributed by atoms with E-state index in [4.69, 9.17) is 0 Å². The average molecular weight is 259 g/mol. The zero-order valence-corrected chi connectivity index (χ0v) is 11.6. The lowest BCUT2D eigenvalue weighted by atomic mass is 9.91. The van der Waals surface area contributed by atoms with Gasteiger partial charge in [-0.3, -0.25) is 0 Å². The van der Waals surface area contributed by atoms with Gasteiger partial charge >= 0.3 is 0 Å². The normalized spacial score (nSPS) is 23.7. The molecule has 0 saturated heterocycles. The zero-order valence-electron chi connectivity index (χ0n) is 11.6. The number of rotatable bonds is 3. The van der Waals surface area contributed by atoms with Crippen molar-refractivity contribution in [2.75, 3.05) is 12.4 Å². The van der Waals surface area contributed by atoms with E-state index in [0.717, 1.165) is 17.3 Å². The highest BCUT2D eigenvalue weighted by atomic mass is 15.4. The molecule has 19 heavy (non-hydrogen) atoms. The predicted molar refractivity (Wildman–Crippen MR) is 76.5 cm³/mol. The van der Waals surface area contributed by atoms with E-state index in [-0.39, 0.29) is 0 Å². The van der Waals surface area contributed by atoms with Crippen LogP contribution in [0.15, 0.2) is 18.2 Å². The first-order valence-electron chi connectivity index (χ1n) is 7.02. The summed E-state index contributed by atoms with van der Waals surface area (Å²) in [5, 5.41) is 11.3. The molecule has 102 valence electrons. The number of hydrogen-bond acceptors (Lipinski definition) is 4. The van der Waals surface area contributed by atoms with E-state index in [2.05, 4.69) is 20.7 Å². The van der Waals surface area contributed by atoms with Crippen molar-refractivity contribution in [1.29, 1.82) is 0 Å². The minimum Gasteiger partial charge on any atom is -0.350 e. The van der Waals surface area contributed by atoms with E-state index in [9.17, 15) is 0 Å². The Labute approximate surface area is 113 Å². The molecule has 3 rings (SSSR count). The van der Waals surface area contributed by atoms with Gasteiger partial charge in [-0.1, -0.05) is 6.07 Å². The maximum Gasteiger partial charge on any atom is 0.243 e. The number of aryl methyl sites for hydroxylation is 1. The van der Waals surface area contributed by atoms with E-state index in [1.807, 2.05) is 36.7 Å². The molecule has 0 bridgehead atoms. The molecule has 0 atom stereocenters. The minimum absolute atomic E-state index is 0.502. The summed E-state index contributed by atoms with van der Waals surface area (Å²) in [4.78, 5) is 4.53. The van der Waals surface area contributed by atoms with Crippen molar-refractivity contribution < 1.29 is 0 Å². The molecule has 1 fully saturated rings. The SMILES string of the molecule is CNC1CCC(Nc2nc3cccc(C)n3n2)CC1. The lowest BCUT2D eigenvalue weighted by Crippen LogP contribution is -2.35. The van der Waals surface area contributed by atoms with Gasteiger partial charge in [0.15, 0.2) is 5.65 Å². The number of aromatic nitrogens is 3. The van der Waals surface area contributed by atoms with Crippen LogP contribution < -0.4 is 10.6 Å². The van der Waals surface area contributed by atoms with Crippen LogP contribution in [0.3, 0.4) is 0 Å². The maximum absolute atomic E-state index is 4.53. The summed E-state index contributed by atoms with van der Waals surface area (Å²) in [6, 6.07) is 7.23. The summed E-state index contributed by atoms with van der Waals surface area (Å²) in [5.74, 6) is 0.752. The molecular formula is C14H21N5. The number of anilines is 1. The van der Waals surface area contributed by atoms with Gasteiger partial charge in [0.1, 0.15) is 0 Å². The topological polar surface area (TPSA) is 54.2 Å². The fourth-order valence-electron chi connectivity index (χ4n) is 2.81. The molecule has 2 N–H and O–H groups in total. The molecule has 0 unspecified atom stereocenters. The van der Waals surface area contributed by atoms with Gasteiger partial charge in [0.05, 0.1) is 0 Å². The van der Waals surface area contributed by atoms with Gasteiger partial charge in [0.2, 0.25) is 5.95 Å². The highest BCUT2D eigenvalue weighted by molar-refractivity contribution is 5.44. The quantitative estimate of drug-likeness (QED) is 0.885. The third-order valence-electron chi connectivity index (χ3n) is 4.02. The molecule has 0 aromatic carbocycles. The van der Waals surface area contributed by atoms with Gasteiger partial charge < -0.3 is 10.6 Å². The highest BCUT2D eigenvalue weighted by Crippen LogP contribution is 2.21. The summed E-state index contributed by atoms with van der Waals surface area (Å²) in [6.45, 7) is 2.05. The Hall–Kier alpha value is -1.62. The van der Waals surface area contributed by atoms with Crippen molar-refractivity contribution in [2.24, 2.45) is 0 Å². The third kappa shape index (κ3) is 2.56. The van der Waals surface area contributed by atoms with Crippen LogP contribution in [-0.2, 0) is 0 Å². The Kier molecular flexibility index (Phi) is 3.38. The Morgan fingerprint density at radius 2 is 1.89 bits per heavy atom. The van der Waals surface area contributed by atoms with E-state index >= 15 is 0 Å². The van der Waals surface area contributed by atoms with Gasteiger partial charge in [-0.15, -0.1) is 5.10 Å². The summed E-state index contributed by atoms with van der Waals surface area (Å²) in [7, 11) is 2.05. The van der Waals surface area contributed by atoms with Crippen molar-refractivity contribution in [3.8, 4) is 0 Å². The van der Waals surface area contributed by atoms with Crippen LogP contribution in [0.1, 0.15) is 31.4 Å². The van der Waals surface area contributed by atoms with Crippen molar-refractivity contribution in [3.05, 3.63) is 23.9 Å². The molecule has 1 aliphatic rings. The number of nitrogens with one attached hydrogen (secondary N) is 2. The summed E-state index contributed by atoms with van der Waals surface area (Å²) >= 11 is 0. The van der Waals surface area contributed by atoms with Crippen LogP contribution in [0.25, 0.3) is 5.65 Å². The van der Waals surface area contributed by atoms with Gasteiger partial charge in [0.25, 0.3) is 0 Å². The van der Waals surface area contributed by atoms with Crippen molar-refractivity contribution >= 4 is 11.6 Å². The maximum atomic E-state index is 4.53. The molecule has 1 saturated carbocycles. The fourth-order valence-corrected chi connectivity index (χ4v) is 2.81. The van der Waals surface area contributed by atoms with Crippen LogP contribution in [0, 0.1) is 6.92 Å². The second-order valence-corrected chi connectivity index (χ2v) is 5.35. The number of pyridine rings is 1. The lowest BCUT2D eigenvalue weighted by molar-refractivity contribution is 0.370. The van der Waals surface area contributed by atoms with Gasteiger partial charge in [-0.05, 0) is 51.8 Å². The number of fused-ring (bicyclic) bond motifs is 1. The first-order chi connectivity index (χ1) is 9.26. The van der Waals surface area contributed by atoms with Crippen LogP contribution >= 0.6 is 0 Å².